The van der Waals surface area contributed by atoms with Gasteiger partial charge in [-0.25, -0.2) is 9.97 Å². The van der Waals surface area contributed by atoms with Crippen LogP contribution in [0.3, 0.4) is 0 Å². The molecule has 2 N–H and O–H groups in total. The first kappa shape index (κ1) is 18.6. The summed E-state index contributed by atoms with van der Waals surface area (Å²) in [5.74, 6) is -0.857. The Kier molecular flexibility index (Phi) is 5.49. The van der Waals surface area contributed by atoms with Crippen LogP contribution in [0.4, 0.5) is 17.3 Å². The van der Waals surface area contributed by atoms with Gasteiger partial charge in [0.05, 0.1) is 10.8 Å². The highest BCUT2D eigenvalue weighted by molar-refractivity contribution is 5.72. The van der Waals surface area contributed by atoms with Crippen LogP contribution in [0.15, 0.2) is 30.6 Å². The molecule has 0 amide bonds. The second kappa shape index (κ2) is 7.98. The number of nitrogens with one attached hydrogen (secondary N) is 1. The predicted octanol–water partition coefficient (Wildman–Crippen LogP) is 2.61. The molecular formula is C18H21N5O4. The molecule has 27 heavy (non-hydrogen) atoms. The molecule has 9 heteroatoms. The maximum atomic E-state index is 11.7. The van der Waals surface area contributed by atoms with Crippen LogP contribution in [-0.2, 0) is 11.3 Å². The summed E-state index contributed by atoms with van der Waals surface area (Å²) in [6.45, 7) is 3.21. The van der Waals surface area contributed by atoms with Crippen molar-refractivity contribution in [3.8, 4) is 0 Å². The van der Waals surface area contributed by atoms with E-state index in [-0.39, 0.29) is 17.3 Å². The number of nitro groups is 1. The summed E-state index contributed by atoms with van der Waals surface area (Å²) in [6.07, 6.45) is 2.16. The molecule has 0 aliphatic carbocycles. The number of carboxylic acids is 1. The zero-order valence-electron chi connectivity index (χ0n) is 15.0. The highest BCUT2D eigenvalue weighted by Crippen LogP contribution is 2.34. The third-order valence-corrected chi connectivity index (χ3v) is 4.71. The average molecular weight is 371 g/mol. The molecule has 0 unspecified atom stereocenters. The lowest BCUT2D eigenvalue weighted by Gasteiger charge is -2.30. The first-order valence-electron chi connectivity index (χ1n) is 8.72. The van der Waals surface area contributed by atoms with Gasteiger partial charge in [0.1, 0.15) is 6.33 Å². The Labute approximate surface area is 156 Å². The summed E-state index contributed by atoms with van der Waals surface area (Å²) in [5, 5.41) is 23.8. The SMILES string of the molecule is Cc1ccc(CNc2ncnc(N3CCC(C(=O)O)CC3)c2[N+](=O)[O-])cc1. The monoisotopic (exact) mass is 371 g/mol. The molecule has 0 bridgehead atoms. The molecule has 3 rings (SSSR count). The summed E-state index contributed by atoms with van der Waals surface area (Å²) < 4.78 is 0. The van der Waals surface area contributed by atoms with E-state index in [1.54, 1.807) is 4.90 Å². The van der Waals surface area contributed by atoms with Crippen molar-refractivity contribution in [3.63, 3.8) is 0 Å². The fraction of sp³-hybridized carbons (Fsp3) is 0.389. The maximum absolute atomic E-state index is 11.7. The summed E-state index contributed by atoms with van der Waals surface area (Å²) in [6, 6.07) is 7.85. The molecule has 1 fully saturated rings. The van der Waals surface area contributed by atoms with Gasteiger partial charge in [0.15, 0.2) is 0 Å². The Hall–Kier alpha value is -3.23. The number of rotatable bonds is 6. The number of carbonyl (C=O) groups is 1. The molecule has 2 aromatic rings. The second-order valence-corrected chi connectivity index (χ2v) is 6.59. The van der Waals surface area contributed by atoms with Crippen LogP contribution in [-0.4, -0.2) is 39.1 Å². The molecule has 1 aromatic carbocycles. The Bertz CT molecular complexity index is 832. The van der Waals surface area contributed by atoms with Gasteiger partial charge in [-0.1, -0.05) is 29.8 Å². The van der Waals surface area contributed by atoms with E-state index in [2.05, 4.69) is 15.3 Å². The van der Waals surface area contributed by atoms with Gasteiger partial charge in [-0.2, -0.15) is 0 Å². The van der Waals surface area contributed by atoms with E-state index in [0.29, 0.717) is 32.5 Å². The van der Waals surface area contributed by atoms with E-state index >= 15 is 0 Å². The largest absolute Gasteiger partial charge is 0.481 e. The normalized spacial score (nSPS) is 14.8. The van der Waals surface area contributed by atoms with Gasteiger partial charge in [0.25, 0.3) is 0 Å². The predicted molar refractivity (Wildman–Crippen MR) is 99.8 cm³/mol. The van der Waals surface area contributed by atoms with Gasteiger partial charge < -0.3 is 15.3 Å². The molecule has 1 aliphatic rings. The number of hydrogen-bond acceptors (Lipinski definition) is 7. The van der Waals surface area contributed by atoms with Crippen LogP contribution in [0, 0.1) is 23.0 Å². The van der Waals surface area contributed by atoms with Crippen LogP contribution in [0.5, 0.6) is 0 Å². The van der Waals surface area contributed by atoms with E-state index in [1.165, 1.54) is 6.33 Å². The summed E-state index contributed by atoms with van der Waals surface area (Å²) in [5.41, 5.74) is 1.94. The van der Waals surface area contributed by atoms with Gasteiger partial charge in [0.2, 0.25) is 11.6 Å². The smallest absolute Gasteiger partial charge is 0.353 e. The Morgan fingerprint density at radius 2 is 1.96 bits per heavy atom. The number of nitrogens with zero attached hydrogens (tertiary/aromatic N) is 4. The van der Waals surface area contributed by atoms with Gasteiger partial charge >= 0.3 is 11.7 Å². The van der Waals surface area contributed by atoms with Crippen LogP contribution in [0.1, 0.15) is 24.0 Å². The molecule has 0 radical (unpaired) electrons. The van der Waals surface area contributed by atoms with Crippen LogP contribution in [0.2, 0.25) is 0 Å². The van der Waals surface area contributed by atoms with Crippen molar-refractivity contribution in [2.45, 2.75) is 26.3 Å². The van der Waals surface area contributed by atoms with Crippen LogP contribution in [0.25, 0.3) is 0 Å². The summed E-state index contributed by atoms with van der Waals surface area (Å²) in [4.78, 5) is 32.2. The number of benzene rings is 1. The zero-order valence-corrected chi connectivity index (χ0v) is 15.0. The van der Waals surface area contributed by atoms with E-state index in [0.717, 1.165) is 11.1 Å². The first-order chi connectivity index (χ1) is 13.0. The molecule has 9 nitrogen and oxygen atoms in total. The minimum Gasteiger partial charge on any atom is -0.481 e. The van der Waals surface area contributed by atoms with Crippen LogP contribution < -0.4 is 10.2 Å². The topological polar surface area (TPSA) is 121 Å². The molecule has 0 spiro atoms. The maximum Gasteiger partial charge on any atom is 0.353 e. The highest BCUT2D eigenvalue weighted by atomic mass is 16.6. The number of aromatic nitrogens is 2. The van der Waals surface area contributed by atoms with Crippen molar-refractivity contribution in [2.24, 2.45) is 5.92 Å². The number of anilines is 2. The van der Waals surface area contributed by atoms with Crippen LogP contribution >= 0.6 is 0 Å². The van der Waals surface area contributed by atoms with Gasteiger partial charge in [-0.15, -0.1) is 0 Å². The average Bonchev–Trinajstić information content (AvgIpc) is 2.67. The number of aryl methyl sites for hydroxylation is 1. The molecule has 2 heterocycles. The Morgan fingerprint density at radius 3 is 2.56 bits per heavy atom. The number of carboxylic acid groups (broad SMARTS) is 1. The lowest BCUT2D eigenvalue weighted by atomic mass is 9.97. The number of piperidine rings is 1. The van der Waals surface area contributed by atoms with Gasteiger partial charge in [-0.05, 0) is 25.3 Å². The van der Waals surface area contributed by atoms with Gasteiger partial charge in [-0.3, -0.25) is 14.9 Å². The lowest BCUT2D eigenvalue weighted by molar-refractivity contribution is -0.383. The minimum absolute atomic E-state index is 0.158. The van der Waals surface area contributed by atoms with Crippen molar-refractivity contribution in [1.82, 2.24) is 9.97 Å². The van der Waals surface area contributed by atoms with Crippen molar-refractivity contribution in [2.75, 3.05) is 23.3 Å². The van der Waals surface area contributed by atoms with Crippen molar-refractivity contribution >= 4 is 23.3 Å². The minimum atomic E-state index is -0.827. The quantitative estimate of drug-likeness (QED) is 0.587. The number of aliphatic carboxylic acids is 1. The van der Waals surface area contributed by atoms with Crippen molar-refractivity contribution < 1.29 is 14.8 Å². The van der Waals surface area contributed by atoms with Crippen molar-refractivity contribution in [3.05, 3.63) is 51.8 Å². The first-order valence-corrected chi connectivity index (χ1v) is 8.72. The third-order valence-electron chi connectivity index (χ3n) is 4.71. The molecule has 0 atom stereocenters. The zero-order chi connectivity index (χ0) is 19.4. The number of hydrogen-bond donors (Lipinski definition) is 2. The fourth-order valence-corrected chi connectivity index (χ4v) is 3.13. The molecule has 1 aromatic heterocycles. The highest BCUT2D eigenvalue weighted by Gasteiger charge is 2.31. The third kappa shape index (κ3) is 4.30. The molecule has 1 saturated heterocycles. The molecule has 1 aliphatic heterocycles. The Balaban J connectivity index is 1.79. The second-order valence-electron chi connectivity index (χ2n) is 6.59. The van der Waals surface area contributed by atoms with E-state index in [9.17, 15) is 14.9 Å². The molecule has 0 saturated carbocycles. The van der Waals surface area contributed by atoms with Gasteiger partial charge in [0, 0.05) is 19.6 Å². The van der Waals surface area contributed by atoms with E-state index in [1.807, 2.05) is 31.2 Å². The van der Waals surface area contributed by atoms with E-state index in [4.69, 9.17) is 5.11 Å². The summed E-state index contributed by atoms with van der Waals surface area (Å²) >= 11 is 0. The molecular weight excluding hydrogens is 350 g/mol. The summed E-state index contributed by atoms with van der Waals surface area (Å²) in [7, 11) is 0. The van der Waals surface area contributed by atoms with Crippen molar-refractivity contribution in [1.29, 1.82) is 0 Å². The van der Waals surface area contributed by atoms with E-state index < -0.39 is 16.8 Å². The fourth-order valence-electron chi connectivity index (χ4n) is 3.13. The molecule has 142 valence electrons. The Morgan fingerprint density at radius 1 is 1.30 bits per heavy atom. The lowest BCUT2D eigenvalue weighted by Crippen LogP contribution is -2.37. The standard InChI is InChI=1S/C18H21N5O4/c1-12-2-4-13(5-3-12)10-19-16-15(23(26)27)17(21-11-20-16)22-8-6-14(7-9-22)18(24)25/h2-5,11,14H,6-10H2,1H3,(H,24,25)(H,19,20,21).